The summed E-state index contributed by atoms with van der Waals surface area (Å²) >= 11 is 1.55. The van der Waals surface area contributed by atoms with E-state index in [0.717, 1.165) is 11.3 Å². The fraction of sp³-hybridized carbons (Fsp3) is 0.381. The number of hydrogen-bond donors (Lipinski definition) is 0. The number of carbonyl (C=O) groups is 1. The van der Waals surface area contributed by atoms with Crippen LogP contribution in [0.5, 0.6) is 5.75 Å². The second-order valence-electron chi connectivity index (χ2n) is 6.35. The van der Waals surface area contributed by atoms with Gasteiger partial charge in [-0.3, -0.25) is 4.79 Å². The van der Waals surface area contributed by atoms with Gasteiger partial charge in [0, 0.05) is 6.54 Å². The minimum atomic E-state index is -0.549. The number of carbonyl (C=O) groups excluding carboxylic acids is 1. The number of aromatic nitrogens is 2. The smallest absolute Gasteiger partial charge is 0.264 e. The molecule has 0 unspecified atom stereocenters. The van der Waals surface area contributed by atoms with Gasteiger partial charge in [-0.05, 0) is 48.9 Å². The number of amides is 1. The molecule has 1 aromatic carbocycles. The van der Waals surface area contributed by atoms with Crippen LogP contribution in [-0.4, -0.2) is 33.6 Å². The molecule has 3 aromatic rings. The van der Waals surface area contributed by atoms with Crippen molar-refractivity contribution >= 4 is 17.2 Å². The van der Waals surface area contributed by atoms with Crippen LogP contribution in [-0.2, 0) is 17.8 Å². The van der Waals surface area contributed by atoms with E-state index >= 15 is 0 Å². The van der Waals surface area contributed by atoms with Gasteiger partial charge < -0.3 is 14.2 Å². The Kier molecular flexibility index (Phi) is 6.81. The molecule has 0 aliphatic rings. The molecule has 28 heavy (non-hydrogen) atoms. The third-order valence-electron chi connectivity index (χ3n) is 4.49. The van der Waals surface area contributed by atoms with Gasteiger partial charge >= 0.3 is 0 Å². The number of nitrogens with zero attached hydrogens (tertiary/aromatic N) is 3. The average molecular weight is 400 g/mol. The van der Waals surface area contributed by atoms with E-state index in [1.807, 2.05) is 55.6 Å². The van der Waals surface area contributed by atoms with Crippen LogP contribution in [0.3, 0.4) is 0 Å². The predicted molar refractivity (Wildman–Crippen MR) is 109 cm³/mol. The Morgan fingerprint density at radius 2 is 2.00 bits per heavy atom. The van der Waals surface area contributed by atoms with Crippen LogP contribution in [0.25, 0.3) is 10.7 Å². The van der Waals surface area contributed by atoms with Crippen molar-refractivity contribution < 1.29 is 14.1 Å². The van der Waals surface area contributed by atoms with E-state index in [1.165, 1.54) is 5.56 Å². The largest absolute Gasteiger partial charge is 0.481 e. The molecule has 2 heterocycles. The van der Waals surface area contributed by atoms with E-state index < -0.39 is 6.10 Å². The van der Waals surface area contributed by atoms with E-state index in [4.69, 9.17) is 9.26 Å². The first-order chi connectivity index (χ1) is 13.6. The Bertz CT molecular complexity index is 875. The van der Waals surface area contributed by atoms with Gasteiger partial charge in [-0.2, -0.15) is 4.98 Å². The van der Waals surface area contributed by atoms with Crippen molar-refractivity contribution in [2.24, 2.45) is 0 Å². The lowest BCUT2D eigenvalue weighted by molar-refractivity contribution is -0.139. The monoisotopic (exact) mass is 399 g/mol. The third kappa shape index (κ3) is 4.78. The summed E-state index contributed by atoms with van der Waals surface area (Å²) in [6, 6.07) is 11.7. The first-order valence-corrected chi connectivity index (χ1v) is 10.4. The number of benzene rings is 1. The number of hydrogen-bond acceptors (Lipinski definition) is 6. The molecule has 0 aliphatic heterocycles. The molecule has 2 aromatic heterocycles. The highest BCUT2D eigenvalue weighted by molar-refractivity contribution is 7.13. The molecule has 6 nitrogen and oxygen atoms in total. The van der Waals surface area contributed by atoms with Gasteiger partial charge in [0.25, 0.3) is 5.91 Å². The fourth-order valence-electron chi connectivity index (χ4n) is 2.81. The molecule has 7 heteroatoms. The van der Waals surface area contributed by atoms with E-state index in [-0.39, 0.29) is 12.5 Å². The Hall–Kier alpha value is -2.67. The molecule has 0 N–H and O–H groups in total. The zero-order chi connectivity index (χ0) is 19.9. The van der Waals surface area contributed by atoms with Crippen LogP contribution >= 0.6 is 11.3 Å². The van der Waals surface area contributed by atoms with Gasteiger partial charge in [0.1, 0.15) is 12.3 Å². The molecule has 0 aliphatic carbocycles. The first kappa shape index (κ1) is 20.1. The lowest BCUT2D eigenvalue weighted by atomic mass is 10.1. The third-order valence-corrected chi connectivity index (χ3v) is 5.35. The second-order valence-corrected chi connectivity index (χ2v) is 7.30. The number of rotatable bonds is 9. The highest BCUT2D eigenvalue weighted by atomic mass is 32.1. The number of aryl methyl sites for hydroxylation is 1. The molecular weight excluding hydrogens is 374 g/mol. The molecule has 0 spiro atoms. The Morgan fingerprint density at radius 3 is 2.61 bits per heavy atom. The summed E-state index contributed by atoms with van der Waals surface area (Å²) in [5.41, 5.74) is 1.24. The van der Waals surface area contributed by atoms with Gasteiger partial charge in [-0.1, -0.05) is 37.2 Å². The number of ether oxygens (including phenoxy) is 1. The van der Waals surface area contributed by atoms with E-state index in [0.29, 0.717) is 30.4 Å². The highest BCUT2D eigenvalue weighted by Gasteiger charge is 2.25. The summed E-state index contributed by atoms with van der Waals surface area (Å²) in [5, 5.41) is 5.97. The lowest BCUT2D eigenvalue weighted by Crippen LogP contribution is -2.41. The van der Waals surface area contributed by atoms with Crippen molar-refractivity contribution in [3.63, 3.8) is 0 Å². The molecule has 0 fully saturated rings. The summed E-state index contributed by atoms with van der Waals surface area (Å²) in [6.45, 7) is 6.77. The molecule has 0 radical (unpaired) electrons. The van der Waals surface area contributed by atoms with Crippen molar-refractivity contribution in [2.75, 3.05) is 6.54 Å². The minimum absolute atomic E-state index is 0.0829. The molecule has 3 rings (SSSR count). The molecular formula is C21H25N3O3S. The molecule has 1 atom stereocenters. The van der Waals surface area contributed by atoms with Crippen LogP contribution in [0.4, 0.5) is 0 Å². The van der Waals surface area contributed by atoms with Gasteiger partial charge in [0.2, 0.25) is 11.7 Å². The molecule has 0 saturated heterocycles. The van der Waals surface area contributed by atoms with Crippen LogP contribution in [0.15, 0.2) is 46.3 Å². The van der Waals surface area contributed by atoms with E-state index in [9.17, 15) is 4.79 Å². The summed E-state index contributed by atoms with van der Waals surface area (Å²) in [7, 11) is 0. The summed E-state index contributed by atoms with van der Waals surface area (Å²) in [5.74, 6) is 1.58. The van der Waals surface area contributed by atoms with Crippen LogP contribution in [0, 0.1) is 0 Å². The topological polar surface area (TPSA) is 68.5 Å². The van der Waals surface area contributed by atoms with Gasteiger partial charge in [0.05, 0.1) is 4.88 Å². The number of thiophene rings is 1. The Labute approximate surface area is 169 Å². The zero-order valence-electron chi connectivity index (χ0n) is 16.4. The Balaban J connectivity index is 1.66. The zero-order valence-corrected chi connectivity index (χ0v) is 17.2. The average Bonchev–Trinajstić information content (AvgIpc) is 3.42. The van der Waals surface area contributed by atoms with E-state index in [2.05, 4.69) is 17.1 Å². The summed E-state index contributed by atoms with van der Waals surface area (Å²) in [6.07, 6.45) is 0.999. The van der Waals surface area contributed by atoms with Crippen LogP contribution < -0.4 is 4.74 Å². The van der Waals surface area contributed by atoms with Crippen LogP contribution in [0.1, 0.15) is 38.6 Å². The first-order valence-electron chi connectivity index (χ1n) is 9.55. The maximum absolute atomic E-state index is 13.0. The summed E-state index contributed by atoms with van der Waals surface area (Å²) in [4.78, 5) is 20.0. The molecule has 0 saturated carbocycles. The van der Waals surface area contributed by atoms with Crippen molar-refractivity contribution in [1.82, 2.24) is 15.0 Å². The second kappa shape index (κ2) is 9.50. The van der Waals surface area contributed by atoms with Crippen molar-refractivity contribution in [1.29, 1.82) is 0 Å². The maximum atomic E-state index is 13.0. The standard InChI is InChI=1S/C21H25N3O3S/c1-4-15-9-11-16(12-10-15)26-17(5-2)21(25)24(6-3)14-19-22-20(23-27-19)18-8-7-13-28-18/h7-13,17H,4-6,14H2,1-3H3/t17-/m1/s1. The quantitative estimate of drug-likeness (QED) is 0.527. The normalized spacial score (nSPS) is 12.0. The van der Waals surface area contributed by atoms with E-state index in [1.54, 1.807) is 16.2 Å². The molecule has 148 valence electrons. The highest BCUT2D eigenvalue weighted by Crippen LogP contribution is 2.22. The predicted octanol–water partition coefficient (Wildman–Crippen LogP) is 4.57. The van der Waals surface area contributed by atoms with Crippen LogP contribution in [0.2, 0.25) is 0 Å². The summed E-state index contributed by atoms with van der Waals surface area (Å²) < 4.78 is 11.3. The minimum Gasteiger partial charge on any atom is -0.481 e. The molecule has 0 bridgehead atoms. The van der Waals surface area contributed by atoms with Crippen molar-refractivity contribution in [2.45, 2.75) is 46.3 Å². The number of likely N-dealkylation sites (N-methyl/N-ethyl adjacent to an activating group) is 1. The maximum Gasteiger partial charge on any atom is 0.264 e. The van der Waals surface area contributed by atoms with Crippen molar-refractivity contribution in [3.8, 4) is 16.5 Å². The van der Waals surface area contributed by atoms with Crippen molar-refractivity contribution in [3.05, 3.63) is 53.2 Å². The lowest BCUT2D eigenvalue weighted by Gasteiger charge is -2.25. The fourth-order valence-corrected chi connectivity index (χ4v) is 3.46. The van der Waals surface area contributed by atoms with Gasteiger partial charge in [0.15, 0.2) is 6.10 Å². The van der Waals surface area contributed by atoms with Gasteiger partial charge in [-0.25, -0.2) is 0 Å². The van der Waals surface area contributed by atoms with Gasteiger partial charge in [-0.15, -0.1) is 11.3 Å². The SMILES string of the molecule is CCc1ccc(O[C@H](CC)C(=O)N(CC)Cc2nc(-c3cccs3)no2)cc1. The molecule has 1 amide bonds. The Morgan fingerprint density at radius 1 is 1.21 bits per heavy atom.